The lowest BCUT2D eigenvalue weighted by Gasteiger charge is -2.47. The highest BCUT2D eigenvalue weighted by Crippen LogP contribution is 2.50. The molecule has 8 heterocycles. The van der Waals surface area contributed by atoms with E-state index in [1.54, 1.807) is 18.2 Å². The van der Waals surface area contributed by atoms with Crippen molar-refractivity contribution in [3.8, 4) is 62.9 Å². The summed E-state index contributed by atoms with van der Waals surface area (Å²) in [7, 11) is 2.97. The molecular weight excluding hydrogens is 1530 g/mol. The van der Waals surface area contributed by atoms with Crippen LogP contribution in [0.5, 0.6) is 51.7 Å². The third kappa shape index (κ3) is 17.2. The summed E-state index contributed by atoms with van der Waals surface area (Å²) in [5.74, 6) is -15.5. The molecule has 11 bridgehead atoms. The number of carbonyl (C=O) groups excluding carboxylic acids is 7. The van der Waals surface area contributed by atoms with E-state index in [9.17, 15) is 69.9 Å². The molecule has 14 rings (SSSR count). The summed E-state index contributed by atoms with van der Waals surface area (Å²) in [6.45, 7) is 6.70. The number of aliphatic hydroxyl groups excluding tert-OH is 5. The SMILES string of the molecule is CN[C@H](CC(C)C)C(=O)N[C@H]1C(=O)N[C@@H](CC(N)=O)C(=O)NC2C(=O)NC3C(=O)N[C@H](C(=O)N[C@@H](C(=O)O)c4cc(O)cc(O)c4-c4cc3ccc4O)[C@H](O)c3ccc(c(Cl)c3)Oc3cc2cc(c3OC2OC(CSc3nc4cc(OC)ccc4[nH]3)C(O)C(O)C2OC2CC(C)(N)C(O)C(C)O2)Oc2ccc(cc2Cl)[C@H]1O. The van der Waals surface area contributed by atoms with Gasteiger partial charge in [-0.15, -0.1) is 0 Å². The molecule has 0 radical (unpaired) electrons. The number of nitrogens with zero attached hydrogens (tertiary/aromatic N) is 1. The highest BCUT2D eigenvalue weighted by molar-refractivity contribution is 7.99. The number of rotatable bonds is 16. The third-order valence-electron chi connectivity index (χ3n) is 19.6. The highest BCUT2D eigenvalue weighted by atomic mass is 35.5. The van der Waals surface area contributed by atoms with Gasteiger partial charge in [-0.2, -0.15) is 0 Å². The summed E-state index contributed by atoms with van der Waals surface area (Å²) in [6.07, 6.45) is -18.2. The number of thioether (sulfide) groups is 1. The summed E-state index contributed by atoms with van der Waals surface area (Å²) in [5.41, 5.74) is 9.33. The second kappa shape index (κ2) is 33.2. The average molecular weight is 1610 g/mol. The molecule has 7 aromatic rings. The number of likely N-dealkylation sites (N-methyl/N-ethyl adjacent to an activating group) is 1. The van der Waals surface area contributed by atoms with Crippen molar-refractivity contribution in [1.82, 2.24) is 47.2 Å². The standard InChI is InChI=1S/C74H81Cl2N11O24S/c1-27(2)15-41(79-5)65(97)86-56-58(92)30-8-13-45(37(75)17-30)107-47-19-32-20-48(62(47)111-72-63(110-51-25-74(4,78)64(96)28(3)106-51)61(95)60(94)49(109-72)26-112-73-81-39-11-10-34(105-6)23-40(39)82-73)108-46-14-9-31(18-38(46)76)59(93)57-70(102)85-55(71(103)104)36-21-33(88)22-44(90)52(36)35-16-29(7-12-43(35)89)53(67(99)87-57)84-68(100)54(32)83-66(98)42(24-50(77)91)80-69(56)101/h7-14,16-23,27-28,41-42,49,51,53-61,63-64,72,79,88-90,92-96H,15,24-26,78H2,1-6H3,(H2,77,91)(H,80,101)(H,81,82)(H,83,98)(H,84,100)(H,85,102)(H,86,97)(H,87,99)(H,103,104)/t28?,41-,42+,49?,51?,53?,54?,55-,56-,57+,58-,59-,60?,61?,63?,64?,72?,74?/m1/s1. The molecule has 112 heavy (non-hydrogen) atoms. The zero-order valence-corrected chi connectivity index (χ0v) is 62.7. The number of nitrogens with two attached hydrogens (primary N) is 2. The summed E-state index contributed by atoms with van der Waals surface area (Å²) in [5, 5.41) is 123. The van der Waals surface area contributed by atoms with Gasteiger partial charge in [0.15, 0.2) is 35.1 Å². The Balaban J connectivity index is 1.09. The lowest BCUT2D eigenvalue weighted by atomic mass is 9.86. The number of ether oxygens (including phenoxy) is 7. The van der Waals surface area contributed by atoms with Gasteiger partial charge in [-0.1, -0.05) is 67.0 Å². The van der Waals surface area contributed by atoms with Gasteiger partial charge in [0, 0.05) is 46.5 Å². The molecule has 6 aromatic carbocycles. The Kier molecular flexibility index (Phi) is 24.0. The van der Waals surface area contributed by atoms with E-state index >= 15 is 14.4 Å². The maximum Gasteiger partial charge on any atom is 0.330 e. The fourth-order valence-corrected chi connectivity index (χ4v) is 15.2. The number of amides is 7. The number of phenols is 3. The van der Waals surface area contributed by atoms with Crippen LogP contribution in [-0.4, -0.2) is 202 Å². The van der Waals surface area contributed by atoms with E-state index in [2.05, 4.69) is 47.2 Å². The van der Waals surface area contributed by atoms with E-state index < -0.39 is 225 Å². The van der Waals surface area contributed by atoms with Crippen LogP contribution < -0.4 is 67.6 Å². The van der Waals surface area contributed by atoms with Crippen molar-refractivity contribution in [2.75, 3.05) is 19.9 Å². The first kappa shape index (κ1) is 81.2. The van der Waals surface area contributed by atoms with Crippen LogP contribution in [0.15, 0.2) is 102 Å². The minimum absolute atomic E-state index is 0.103. The van der Waals surface area contributed by atoms with Gasteiger partial charge < -0.3 is 133 Å². The van der Waals surface area contributed by atoms with Crippen LogP contribution in [-0.2, 0) is 52.6 Å². The molecular formula is C74H81Cl2N11O24S. The highest BCUT2D eigenvalue weighted by Gasteiger charge is 2.52. The molecule has 0 spiro atoms. The molecule has 7 amide bonds. The average Bonchev–Trinajstić information content (AvgIpc) is 0.907. The number of carboxylic acids is 1. The summed E-state index contributed by atoms with van der Waals surface area (Å²) in [6, 6.07) is 4.68. The first-order valence-corrected chi connectivity index (χ1v) is 36.8. The molecule has 7 aliphatic rings. The van der Waals surface area contributed by atoms with Gasteiger partial charge in [-0.05, 0) is 122 Å². The largest absolute Gasteiger partial charge is 0.508 e. The Hall–Kier alpha value is -10.3. The normalized spacial score (nSPS) is 27.7. The molecule has 35 nitrogen and oxygen atoms in total. The number of phenolic OH excluding ortho intramolecular Hbond substituents is 3. The van der Waals surface area contributed by atoms with Gasteiger partial charge in [-0.25, -0.2) is 9.78 Å². The molecule has 38 heteroatoms. The molecule has 2 saturated heterocycles. The number of aliphatic hydroxyl groups is 5. The molecule has 7 aliphatic heterocycles. The Morgan fingerprint density at radius 2 is 1.38 bits per heavy atom. The van der Waals surface area contributed by atoms with Gasteiger partial charge >= 0.3 is 5.97 Å². The number of primary amides is 1. The number of carbonyl (C=O) groups is 8. The number of aromatic nitrogens is 2. The molecule has 1 aromatic heterocycles. The molecule has 0 saturated carbocycles. The zero-order chi connectivity index (χ0) is 80.8. The Morgan fingerprint density at radius 1 is 0.732 bits per heavy atom. The van der Waals surface area contributed by atoms with Gasteiger partial charge in [0.1, 0.15) is 89.1 Å². The van der Waals surface area contributed by atoms with Crippen LogP contribution in [0.25, 0.3) is 22.2 Å². The second-order valence-electron chi connectivity index (χ2n) is 28.3. The maximum absolute atomic E-state index is 16.2. The number of carboxylic acid groups (broad SMARTS) is 1. The Morgan fingerprint density at radius 3 is 2.00 bits per heavy atom. The van der Waals surface area contributed by atoms with Gasteiger partial charge in [0.05, 0.1) is 59.0 Å². The topological polar surface area (TPSA) is 548 Å². The van der Waals surface area contributed by atoms with Gasteiger partial charge in [0.25, 0.3) is 0 Å². The minimum Gasteiger partial charge on any atom is -0.508 e. The number of aromatic hydroxyl groups is 3. The lowest BCUT2D eigenvalue weighted by Crippen LogP contribution is -2.64. The predicted octanol–water partition coefficient (Wildman–Crippen LogP) is 2.79. The number of benzene rings is 6. The molecule has 11 unspecified atom stereocenters. The van der Waals surface area contributed by atoms with E-state index in [1.807, 2.05) is 13.8 Å². The van der Waals surface area contributed by atoms with Crippen LogP contribution in [0.2, 0.25) is 10.0 Å². The van der Waals surface area contributed by atoms with Crippen molar-refractivity contribution in [2.24, 2.45) is 17.4 Å². The van der Waals surface area contributed by atoms with Crippen LogP contribution in [0.1, 0.15) is 105 Å². The number of imidazole rings is 1. The number of halogens is 2. The number of aliphatic carboxylic acids is 1. The molecule has 21 N–H and O–H groups in total. The quantitative estimate of drug-likeness (QED) is 0.0618. The van der Waals surface area contributed by atoms with Crippen molar-refractivity contribution in [1.29, 1.82) is 0 Å². The molecule has 18 atom stereocenters. The Labute approximate surface area is 651 Å². The Bertz CT molecular complexity index is 4840. The number of aromatic amines is 1. The lowest BCUT2D eigenvalue weighted by molar-refractivity contribution is -0.329. The smallest absolute Gasteiger partial charge is 0.330 e. The molecule has 2 fully saturated rings. The maximum atomic E-state index is 16.2. The van der Waals surface area contributed by atoms with E-state index in [4.69, 9.17) is 67.8 Å². The number of hydrogen-bond donors (Lipinski definition) is 19. The molecule has 0 aliphatic carbocycles. The first-order valence-electron chi connectivity index (χ1n) is 35.1. The van der Waals surface area contributed by atoms with Crippen LogP contribution in [0.3, 0.4) is 0 Å². The minimum atomic E-state index is -2.35. The van der Waals surface area contributed by atoms with Crippen molar-refractivity contribution >= 4 is 93.3 Å². The summed E-state index contributed by atoms with van der Waals surface area (Å²) >= 11 is 15.4. The van der Waals surface area contributed by atoms with E-state index in [0.717, 1.165) is 78.5 Å². The predicted molar refractivity (Wildman–Crippen MR) is 396 cm³/mol. The van der Waals surface area contributed by atoms with E-state index in [-0.39, 0.29) is 57.7 Å². The fourth-order valence-electron chi connectivity index (χ4n) is 13.8. The number of H-pyrrole nitrogens is 1. The molecule has 596 valence electrons. The third-order valence-corrected chi connectivity index (χ3v) is 21.2. The number of fused-ring (bicyclic) bond motifs is 16. The van der Waals surface area contributed by atoms with E-state index in [0.29, 0.717) is 21.9 Å². The number of nitrogens with one attached hydrogen (secondary N) is 8. The van der Waals surface area contributed by atoms with Crippen LogP contribution >= 0.6 is 35.0 Å². The zero-order valence-electron chi connectivity index (χ0n) is 60.4. The fraction of sp³-hybridized carbons (Fsp3) is 0.392. The van der Waals surface area contributed by atoms with Crippen LogP contribution in [0.4, 0.5) is 0 Å². The second-order valence-corrected chi connectivity index (χ2v) is 30.1. The monoisotopic (exact) mass is 1610 g/mol. The summed E-state index contributed by atoms with van der Waals surface area (Å²) < 4.78 is 45.2. The van der Waals surface area contributed by atoms with Crippen molar-refractivity contribution < 1.29 is 117 Å². The first-order chi connectivity index (χ1) is 53.1. The summed E-state index contributed by atoms with van der Waals surface area (Å²) in [4.78, 5) is 126. The number of hydrogen-bond acceptors (Lipinski definition) is 27. The van der Waals surface area contributed by atoms with Gasteiger partial charge in [-0.3, -0.25) is 33.6 Å². The number of methoxy groups -OCH3 is 1. The van der Waals surface area contributed by atoms with Crippen LogP contribution in [0, 0.1) is 5.92 Å². The van der Waals surface area contributed by atoms with Crippen molar-refractivity contribution in [2.45, 2.75) is 161 Å². The van der Waals surface area contributed by atoms with Crippen molar-refractivity contribution in [3.63, 3.8) is 0 Å². The van der Waals surface area contributed by atoms with Gasteiger partial charge in [0.2, 0.25) is 53.4 Å². The van der Waals surface area contributed by atoms with Crippen molar-refractivity contribution in [3.05, 3.63) is 135 Å². The van der Waals surface area contributed by atoms with E-state index in [1.165, 1.54) is 40.1 Å².